The van der Waals surface area contributed by atoms with Gasteiger partial charge in [0.2, 0.25) is 5.91 Å². The molecular weight excluding hydrogens is 254 g/mol. The van der Waals surface area contributed by atoms with Gasteiger partial charge in [0.1, 0.15) is 5.75 Å². The Morgan fingerprint density at radius 3 is 2.55 bits per heavy atom. The van der Waals surface area contributed by atoms with Crippen LogP contribution in [0.3, 0.4) is 0 Å². The van der Waals surface area contributed by atoms with Crippen molar-refractivity contribution >= 4 is 5.91 Å². The second-order valence-corrected chi connectivity index (χ2v) is 4.96. The van der Waals surface area contributed by atoms with E-state index in [2.05, 4.69) is 29.5 Å². The van der Waals surface area contributed by atoms with Gasteiger partial charge in [-0.15, -0.1) is 0 Å². The molecule has 0 atom stereocenters. The molecule has 5 heteroatoms. The number of benzene rings is 1. The van der Waals surface area contributed by atoms with E-state index in [1.54, 1.807) is 7.11 Å². The third kappa shape index (κ3) is 6.54. The topological polar surface area (TPSA) is 67.6 Å². The summed E-state index contributed by atoms with van der Waals surface area (Å²) in [4.78, 5) is 13.2. The van der Waals surface area contributed by atoms with Gasteiger partial charge in [-0.3, -0.25) is 10.2 Å². The first-order valence-corrected chi connectivity index (χ1v) is 6.96. The van der Waals surface area contributed by atoms with Gasteiger partial charge in [0.25, 0.3) is 0 Å². The van der Waals surface area contributed by atoms with Crippen LogP contribution in [0.5, 0.6) is 5.75 Å². The number of ether oxygens (including phenoxy) is 1. The van der Waals surface area contributed by atoms with E-state index in [-0.39, 0.29) is 5.91 Å². The van der Waals surface area contributed by atoms with E-state index in [1.807, 2.05) is 12.1 Å². The molecule has 0 bridgehead atoms. The van der Waals surface area contributed by atoms with E-state index >= 15 is 0 Å². The zero-order valence-corrected chi connectivity index (χ0v) is 12.4. The third-order valence-corrected chi connectivity index (χ3v) is 3.22. The lowest BCUT2D eigenvalue weighted by Crippen LogP contribution is -2.29. The third-order valence-electron chi connectivity index (χ3n) is 3.22. The minimum absolute atomic E-state index is 0.0865. The van der Waals surface area contributed by atoms with Crippen LogP contribution in [-0.2, 0) is 11.3 Å². The molecule has 1 rings (SSSR count). The van der Waals surface area contributed by atoms with Gasteiger partial charge in [-0.1, -0.05) is 18.6 Å². The van der Waals surface area contributed by atoms with E-state index in [4.69, 9.17) is 10.6 Å². The molecular formula is C15H25N3O2. The van der Waals surface area contributed by atoms with Gasteiger partial charge < -0.3 is 9.64 Å². The van der Waals surface area contributed by atoms with Crippen molar-refractivity contribution in [2.75, 3.05) is 20.7 Å². The molecule has 0 aliphatic heterocycles. The fourth-order valence-corrected chi connectivity index (χ4v) is 2.04. The summed E-state index contributed by atoms with van der Waals surface area (Å²) in [6.07, 6.45) is 3.53. The largest absolute Gasteiger partial charge is 0.497 e. The Bertz CT molecular complexity index is 393. The Balaban J connectivity index is 2.16. The van der Waals surface area contributed by atoms with Crippen molar-refractivity contribution in [2.45, 2.75) is 32.2 Å². The van der Waals surface area contributed by atoms with Crippen LogP contribution in [0.25, 0.3) is 0 Å². The van der Waals surface area contributed by atoms with E-state index in [1.165, 1.54) is 5.56 Å². The number of carbonyl (C=O) groups is 1. The standard InChI is InChI=1S/C15H25N3O2/c1-18(11-5-3-4-6-15(19)17-16)12-13-7-9-14(20-2)10-8-13/h7-10H,3-6,11-12,16H2,1-2H3,(H,17,19). The molecule has 0 saturated heterocycles. The first-order valence-electron chi connectivity index (χ1n) is 6.96. The van der Waals surface area contributed by atoms with Crippen LogP contribution in [0.2, 0.25) is 0 Å². The zero-order chi connectivity index (χ0) is 14.8. The van der Waals surface area contributed by atoms with E-state index in [0.717, 1.165) is 38.1 Å². The highest BCUT2D eigenvalue weighted by atomic mass is 16.5. The summed E-state index contributed by atoms with van der Waals surface area (Å²) < 4.78 is 5.14. The lowest BCUT2D eigenvalue weighted by atomic mass is 10.1. The first kappa shape index (κ1) is 16.5. The molecule has 0 radical (unpaired) electrons. The van der Waals surface area contributed by atoms with Gasteiger partial charge in [-0.05, 0) is 44.1 Å². The number of amides is 1. The number of hydrogen-bond acceptors (Lipinski definition) is 4. The minimum atomic E-state index is -0.0865. The molecule has 0 fully saturated rings. The number of rotatable bonds is 9. The Kier molecular flexibility index (Phi) is 7.69. The Hall–Kier alpha value is -1.59. The molecule has 1 aromatic rings. The first-order chi connectivity index (χ1) is 9.65. The number of nitrogens with one attached hydrogen (secondary N) is 1. The average Bonchev–Trinajstić information content (AvgIpc) is 2.47. The number of carbonyl (C=O) groups excluding carboxylic acids is 1. The zero-order valence-electron chi connectivity index (χ0n) is 12.4. The number of unbranched alkanes of at least 4 members (excludes halogenated alkanes) is 2. The highest BCUT2D eigenvalue weighted by Gasteiger charge is 2.02. The normalized spacial score (nSPS) is 10.6. The maximum atomic E-state index is 10.9. The molecule has 0 saturated carbocycles. The Labute approximate surface area is 121 Å². The Morgan fingerprint density at radius 1 is 1.25 bits per heavy atom. The monoisotopic (exact) mass is 279 g/mol. The quantitative estimate of drug-likeness (QED) is 0.312. The molecule has 3 N–H and O–H groups in total. The van der Waals surface area contributed by atoms with Crippen LogP contribution in [0.4, 0.5) is 0 Å². The van der Waals surface area contributed by atoms with Crippen molar-refractivity contribution in [1.82, 2.24) is 10.3 Å². The average molecular weight is 279 g/mol. The molecule has 0 aromatic heterocycles. The molecule has 5 nitrogen and oxygen atoms in total. The number of hydrazine groups is 1. The van der Waals surface area contributed by atoms with E-state index < -0.39 is 0 Å². The maximum absolute atomic E-state index is 10.9. The number of nitrogens with zero attached hydrogens (tertiary/aromatic N) is 1. The molecule has 20 heavy (non-hydrogen) atoms. The summed E-state index contributed by atoms with van der Waals surface area (Å²) in [7, 11) is 3.78. The second-order valence-electron chi connectivity index (χ2n) is 4.96. The van der Waals surface area contributed by atoms with Crippen molar-refractivity contribution in [3.8, 4) is 5.75 Å². The van der Waals surface area contributed by atoms with Crippen molar-refractivity contribution < 1.29 is 9.53 Å². The van der Waals surface area contributed by atoms with Crippen LogP contribution in [-0.4, -0.2) is 31.5 Å². The predicted octanol–water partition coefficient (Wildman–Crippen LogP) is 1.68. The van der Waals surface area contributed by atoms with Crippen LogP contribution >= 0.6 is 0 Å². The van der Waals surface area contributed by atoms with Gasteiger partial charge in [0.15, 0.2) is 0 Å². The van der Waals surface area contributed by atoms with Gasteiger partial charge >= 0.3 is 0 Å². The lowest BCUT2D eigenvalue weighted by Gasteiger charge is -2.16. The molecule has 0 spiro atoms. The van der Waals surface area contributed by atoms with E-state index in [0.29, 0.717) is 6.42 Å². The van der Waals surface area contributed by atoms with Crippen molar-refractivity contribution in [3.05, 3.63) is 29.8 Å². The number of methoxy groups -OCH3 is 1. The van der Waals surface area contributed by atoms with Crippen LogP contribution in [0.1, 0.15) is 31.2 Å². The summed E-state index contributed by atoms with van der Waals surface area (Å²) in [5.41, 5.74) is 3.42. The summed E-state index contributed by atoms with van der Waals surface area (Å²) in [6, 6.07) is 8.13. The van der Waals surface area contributed by atoms with Crippen molar-refractivity contribution in [2.24, 2.45) is 5.84 Å². The highest BCUT2D eigenvalue weighted by molar-refractivity contribution is 5.74. The second kappa shape index (κ2) is 9.34. The smallest absolute Gasteiger partial charge is 0.233 e. The summed E-state index contributed by atoms with van der Waals surface area (Å²) >= 11 is 0. The number of hydrogen-bond donors (Lipinski definition) is 2. The lowest BCUT2D eigenvalue weighted by molar-refractivity contribution is -0.121. The summed E-state index contributed by atoms with van der Waals surface area (Å²) in [5, 5.41) is 0. The van der Waals surface area contributed by atoms with Gasteiger partial charge in [0, 0.05) is 13.0 Å². The van der Waals surface area contributed by atoms with Gasteiger partial charge in [-0.25, -0.2) is 5.84 Å². The summed E-state index contributed by atoms with van der Waals surface area (Å²) in [6.45, 7) is 1.95. The molecule has 0 aliphatic rings. The van der Waals surface area contributed by atoms with Crippen molar-refractivity contribution in [1.29, 1.82) is 0 Å². The Morgan fingerprint density at radius 2 is 1.95 bits per heavy atom. The van der Waals surface area contributed by atoms with Gasteiger partial charge in [0.05, 0.1) is 7.11 Å². The maximum Gasteiger partial charge on any atom is 0.233 e. The van der Waals surface area contributed by atoms with Crippen LogP contribution < -0.4 is 16.0 Å². The van der Waals surface area contributed by atoms with Gasteiger partial charge in [-0.2, -0.15) is 0 Å². The molecule has 1 amide bonds. The highest BCUT2D eigenvalue weighted by Crippen LogP contribution is 2.12. The molecule has 0 aliphatic carbocycles. The van der Waals surface area contributed by atoms with E-state index in [9.17, 15) is 4.79 Å². The molecule has 1 aromatic carbocycles. The van der Waals surface area contributed by atoms with Crippen molar-refractivity contribution in [3.63, 3.8) is 0 Å². The predicted molar refractivity (Wildman–Crippen MR) is 80.1 cm³/mol. The molecule has 112 valence electrons. The molecule has 0 heterocycles. The van der Waals surface area contributed by atoms with Crippen LogP contribution in [0.15, 0.2) is 24.3 Å². The van der Waals surface area contributed by atoms with Crippen LogP contribution in [0, 0.1) is 0 Å². The SMILES string of the molecule is COc1ccc(CN(C)CCCCCC(=O)NN)cc1. The minimum Gasteiger partial charge on any atom is -0.497 e. The molecule has 0 unspecified atom stereocenters. The number of nitrogens with two attached hydrogens (primary N) is 1. The summed E-state index contributed by atoms with van der Waals surface area (Å²) in [5.74, 6) is 5.82. The fraction of sp³-hybridized carbons (Fsp3) is 0.533. The fourth-order valence-electron chi connectivity index (χ4n) is 2.04.